The molecule has 4 heteroatoms. The summed E-state index contributed by atoms with van der Waals surface area (Å²) in [6, 6.07) is 6.25. The highest BCUT2D eigenvalue weighted by Crippen LogP contribution is 2.22. The number of hydrogen-bond donors (Lipinski definition) is 0. The van der Waals surface area contributed by atoms with Gasteiger partial charge in [0, 0.05) is 5.56 Å². The molecule has 0 amide bonds. The van der Waals surface area contributed by atoms with Crippen LogP contribution < -0.4 is 0 Å². The molecule has 0 saturated heterocycles. The van der Waals surface area contributed by atoms with Gasteiger partial charge in [0.1, 0.15) is 15.8 Å². The summed E-state index contributed by atoms with van der Waals surface area (Å²) >= 11 is 1.50. The lowest BCUT2D eigenvalue weighted by Gasteiger charge is -1.92. The van der Waals surface area contributed by atoms with Crippen LogP contribution in [-0.4, -0.2) is 10.2 Å². The molecule has 2 rings (SSSR count). The Morgan fingerprint density at radius 2 is 1.85 bits per heavy atom. The molecule has 1 aromatic heterocycles. The highest BCUT2D eigenvalue weighted by Gasteiger charge is 2.02. The largest absolute Gasteiger partial charge is 0.207 e. The van der Waals surface area contributed by atoms with Gasteiger partial charge >= 0.3 is 0 Å². The van der Waals surface area contributed by atoms with Crippen molar-refractivity contribution >= 4 is 11.3 Å². The molecule has 1 aromatic carbocycles. The second-order valence-electron chi connectivity index (χ2n) is 2.63. The van der Waals surface area contributed by atoms with Gasteiger partial charge in [0.15, 0.2) is 0 Å². The fourth-order valence-electron chi connectivity index (χ4n) is 1.01. The number of aromatic nitrogens is 2. The molecule has 0 unspecified atom stereocenters. The molecule has 0 bridgehead atoms. The molecule has 1 heterocycles. The summed E-state index contributed by atoms with van der Waals surface area (Å²) in [4.78, 5) is 0. The maximum atomic E-state index is 12.6. The normalized spacial score (nSPS) is 10.3. The average Bonchev–Trinajstić information content (AvgIpc) is 2.53. The number of hydrogen-bond acceptors (Lipinski definition) is 3. The molecule has 0 spiro atoms. The van der Waals surface area contributed by atoms with Crippen molar-refractivity contribution in [3.05, 3.63) is 35.1 Å². The standard InChI is InChI=1S/C9H7FN2S/c1-6-11-12-9(13-6)7-2-4-8(10)5-3-7/h2-5H,1H3. The zero-order valence-corrected chi connectivity index (χ0v) is 7.81. The molecular weight excluding hydrogens is 187 g/mol. The molecule has 0 atom stereocenters. The lowest BCUT2D eigenvalue weighted by atomic mass is 10.2. The third-order valence-electron chi connectivity index (χ3n) is 1.62. The van der Waals surface area contributed by atoms with E-state index < -0.39 is 0 Å². The van der Waals surface area contributed by atoms with Crippen molar-refractivity contribution in [1.82, 2.24) is 10.2 Å². The molecule has 0 N–H and O–H groups in total. The Hall–Kier alpha value is -1.29. The topological polar surface area (TPSA) is 25.8 Å². The monoisotopic (exact) mass is 194 g/mol. The predicted octanol–water partition coefficient (Wildman–Crippen LogP) is 2.65. The van der Waals surface area contributed by atoms with Crippen LogP contribution in [0.4, 0.5) is 4.39 Å². The molecule has 0 saturated carbocycles. The van der Waals surface area contributed by atoms with Crippen LogP contribution in [0.1, 0.15) is 5.01 Å². The molecule has 0 radical (unpaired) electrons. The van der Waals surface area contributed by atoms with Crippen LogP contribution in [-0.2, 0) is 0 Å². The van der Waals surface area contributed by atoms with Crippen molar-refractivity contribution in [2.45, 2.75) is 6.92 Å². The first kappa shape index (κ1) is 8.31. The molecule has 0 fully saturated rings. The minimum absolute atomic E-state index is 0.231. The molecule has 0 aliphatic carbocycles. The fourth-order valence-corrected chi connectivity index (χ4v) is 1.70. The second kappa shape index (κ2) is 3.22. The van der Waals surface area contributed by atoms with Gasteiger partial charge in [-0.15, -0.1) is 10.2 Å². The Kier molecular flexibility index (Phi) is 2.06. The van der Waals surface area contributed by atoms with E-state index in [0.717, 1.165) is 15.6 Å². The van der Waals surface area contributed by atoms with E-state index in [4.69, 9.17) is 0 Å². The smallest absolute Gasteiger partial charge is 0.147 e. The van der Waals surface area contributed by atoms with E-state index in [9.17, 15) is 4.39 Å². The zero-order valence-electron chi connectivity index (χ0n) is 6.99. The summed E-state index contributed by atoms with van der Waals surface area (Å²) in [5.74, 6) is -0.231. The van der Waals surface area contributed by atoms with Crippen LogP contribution in [0.5, 0.6) is 0 Å². The van der Waals surface area contributed by atoms with Gasteiger partial charge in [-0.3, -0.25) is 0 Å². The maximum absolute atomic E-state index is 12.6. The van der Waals surface area contributed by atoms with Gasteiger partial charge in [-0.05, 0) is 31.2 Å². The van der Waals surface area contributed by atoms with Gasteiger partial charge in [-0.25, -0.2) is 4.39 Å². The third-order valence-corrected chi connectivity index (χ3v) is 2.50. The Morgan fingerprint density at radius 1 is 1.15 bits per heavy atom. The van der Waals surface area contributed by atoms with Crippen molar-refractivity contribution < 1.29 is 4.39 Å². The molecule has 66 valence electrons. The van der Waals surface area contributed by atoms with Crippen molar-refractivity contribution in [3.8, 4) is 10.6 Å². The molecular formula is C9H7FN2S. The second-order valence-corrected chi connectivity index (χ2v) is 3.81. The third kappa shape index (κ3) is 1.72. The lowest BCUT2D eigenvalue weighted by Crippen LogP contribution is -1.77. The van der Waals surface area contributed by atoms with Crippen molar-refractivity contribution in [3.63, 3.8) is 0 Å². The van der Waals surface area contributed by atoms with Gasteiger partial charge < -0.3 is 0 Å². The van der Waals surface area contributed by atoms with Gasteiger partial charge in [0.05, 0.1) is 0 Å². The van der Waals surface area contributed by atoms with E-state index in [1.165, 1.54) is 23.5 Å². The van der Waals surface area contributed by atoms with Gasteiger partial charge in [-0.1, -0.05) is 11.3 Å². The van der Waals surface area contributed by atoms with Crippen LogP contribution in [0.25, 0.3) is 10.6 Å². The maximum Gasteiger partial charge on any atom is 0.147 e. The van der Waals surface area contributed by atoms with Crippen molar-refractivity contribution in [1.29, 1.82) is 0 Å². The summed E-state index contributed by atoms with van der Waals surface area (Å²) in [7, 11) is 0. The highest BCUT2D eigenvalue weighted by atomic mass is 32.1. The number of benzene rings is 1. The predicted molar refractivity (Wildman–Crippen MR) is 50.0 cm³/mol. The van der Waals surface area contributed by atoms with E-state index in [0.29, 0.717) is 0 Å². The molecule has 0 aliphatic heterocycles. The minimum Gasteiger partial charge on any atom is -0.207 e. The Labute approximate surface area is 79.1 Å². The van der Waals surface area contributed by atoms with Gasteiger partial charge in [-0.2, -0.15) is 0 Å². The number of rotatable bonds is 1. The van der Waals surface area contributed by atoms with Crippen LogP contribution in [0.2, 0.25) is 0 Å². The van der Waals surface area contributed by atoms with Crippen LogP contribution in [0.15, 0.2) is 24.3 Å². The Morgan fingerprint density at radius 3 is 2.38 bits per heavy atom. The summed E-state index contributed by atoms with van der Waals surface area (Å²) in [6.07, 6.45) is 0. The Bertz CT molecular complexity index is 408. The number of aryl methyl sites for hydroxylation is 1. The van der Waals surface area contributed by atoms with Crippen LogP contribution in [0.3, 0.4) is 0 Å². The van der Waals surface area contributed by atoms with Crippen molar-refractivity contribution in [2.75, 3.05) is 0 Å². The average molecular weight is 194 g/mol. The first-order valence-electron chi connectivity index (χ1n) is 3.82. The highest BCUT2D eigenvalue weighted by molar-refractivity contribution is 7.14. The first-order valence-corrected chi connectivity index (χ1v) is 4.63. The first-order chi connectivity index (χ1) is 6.25. The van der Waals surface area contributed by atoms with E-state index in [2.05, 4.69) is 10.2 Å². The van der Waals surface area contributed by atoms with E-state index >= 15 is 0 Å². The molecule has 0 aliphatic rings. The number of halogens is 1. The zero-order chi connectivity index (χ0) is 9.26. The van der Waals surface area contributed by atoms with E-state index in [1.54, 1.807) is 12.1 Å². The SMILES string of the molecule is Cc1nnc(-c2ccc(F)cc2)s1. The van der Waals surface area contributed by atoms with Crippen molar-refractivity contribution in [2.24, 2.45) is 0 Å². The Balaban J connectivity index is 2.41. The molecule has 2 nitrogen and oxygen atoms in total. The van der Waals surface area contributed by atoms with E-state index in [1.807, 2.05) is 6.92 Å². The van der Waals surface area contributed by atoms with Gasteiger partial charge in [0.25, 0.3) is 0 Å². The van der Waals surface area contributed by atoms with E-state index in [-0.39, 0.29) is 5.82 Å². The minimum atomic E-state index is -0.231. The van der Waals surface area contributed by atoms with Crippen LogP contribution >= 0.6 is 11.3 Å². The lowest BCUT2D eigenvalue weighted by molar-refractivity contribution is 0.628. The fraction of sp³-hybridized carbons (Fsp3) is 0.111. The van der Waals surface area contributed by atoms with Crippen LogP contribution in [0, 0.1) is 12.7 Å². The molecule has 2 aromatic rings. The summed E-state index contributed by atoms with van der Waals surface area (Å²) < 4.78 is 12.6. The summed E-state index contributed by atoms with van der Waals surface area (Å²) in [5, 5.41) is 9.60. The molecule has 13 heavy (non-hydrogen) atoms. The quantitative estimate of drug-likeness (QED) is 0.697. The summed E-state index contributed by atoms with van der Waals surface area (Å²) in [6.45, 7) is 1.89. The van der Waals surface area contributed by atoms with Gasteiger partial charge in [0.2, 0.25) is 0 Å². The summed E-state index contributed by atoms with van der Waals surface area (Å²) in [5.41, 5.74) is 0.909. The number of nitrogens with zero attached hydrogens (tertiary/aromatic N) is 2.